The van der Waals surface area contributed by atoms with Crippen LogP contribution in [0.2, 0.25) is 0 Å². The van der Waals surface area contributed by atoms with Crippen LogP contribution in [-0.2, 0) is 17.9 Å². The molecule has 0 atom stereocenters. The summed E-state index contributed by atoms with van der Waals surface area (Å²) >= 11 is 0. The van der Waals surface area contributed by atoms with E-state index >= 15 is 0 Å². The van der Waals surface area contributed by atoms with Gasteiger partial charge >= 0.3 is 0 Å². The number of amides is 1. The maximum atomic E-state index is 12.6. The SMILES string of the molecule is COc1cccc(-c2noc(CNC(=O)C3CCN(Cc4cccc(C)c4)CC3)n2)c1. The van der Waals surface area contributed by atoms with Crippen LogP contribution >= 0.6 is 0 Å². The van der Waals surface area contributed by atoms with Crippen LogP contribution in [0.5, 0.6) is 5.75 Å². The normalized spacial score (nSPS) is 15.0. The number of rotatable bonds is 7. The van der Waals surface area contributed by atoms with Gasteiger partial charge in [-0.05, 0) is 50.6 Å². The molecule has 1 aromatic heterocycles. The van der Waals surface area contributed by atoms with Gasteiger partial charge in [-0.3, -0.25) is 9.69 Å². The summed E-state index contributed by atoms with van der Waals surface area (Å²) in [6, 6.07) is 16.1. The van der Waals surface area contributed by atoms with Crippen molar-refractivity contribution in [2.75, 3.05) is 20.2 Å². The Morgan fingerprint density at radius 3 is 2.77 bits per heavy atom. The van der Waals surface area contributed by atoms with Crippen molar-refractivity contribution in [3.05, 3.63) is 65.5 Å². The molecule has 4 rings (SSSR count). The number of aryl methyl sites for hydroxylation is 1. The van der Waals surface area contributed by atoms with E-state index in [1.54, 1.807) is 7.11 Å². The first-order chi connectivity index (χ1) is 15.1. The van der Waals surface area contributed by atoms with Crippen molar-refractivity contribution in [1.82, 2.24) is 20.4 Å². The summed E-state index contributed by atoms with van der Waals surface area (Å²) in [5, 5.41) is 6.96. The minimum absolute atomic E-state index is 0.0227. The molecule has 0 radical (unpaired) electrons. The predicted molar refractivity (Wildman–Crippen MR) is 117 cm³/mol. The largest absolute Gasteiger partial charge is 0.497 e. The Kier molecular flexibility index (Phi) is 6.62. The highest BCUT2D eigenvalue weighted by Gasteiger charge is 2.25. The Balaban J connectivity index is 1.25. The smallest absolute Gasteiger partial charge is 0.246 e. The van der Waals surface area contributed by atoms with Gasteiger partial charge in [0.2, 0.25) is 17.6 Å². The van der Waals surface area contributed by atoms with E-state index in [0.29, 0.717) is 11.7 Å². The highest BCUT2D eigenvalue weighted by molar-refractivity contribution is 5.78. The number of ether oxygens (including phenoxy) is 1. The van der Waals surface area contributed by atoms with E-state index in [-0.39, 0.29) is 18.4 Å². The zero-order chi connectivity index (χ0) is 21.6. The second-order valence-corrected chi connectivity index (χ2v) is 8.00. The second kappa shape index (κ2) is 9.75. The van der Waals surface area contributed by atoms with Gasteiger partial charge < -0.3 is 14.6 Å². The molecule has 1 fully saturated rings. The first kappa shape index (κ1) is 21.1. The minimum atomic E-state index is 0.0227. The zero-order valence-corrected chi connectivity index (χ0v) is 18.0. The summed E-state index contributed by atoms with van der Waals surface area (Å²) in [4.78, 5) is 19.4. The van der Waals surface area contributed by atoms with Crippen molar-refractivity contribution in [2.24, 2.45) is 5.92 Å². The summed E-state index contributed by atoms with van der Waals surface area (Å²) in [7, 11) is 1.61. The molecule has 162 valence electrons. The molecule has 3 aromatic rings. The molecule has 0 aliphatic carbocycles. The third-order valence-corrected chi connectivity index (χ3v) is 5.66. The van der Waals surface area contributed by atoms with Gasteiger partial charge in [0.05, 0.1) is 13.7 Å². The third kappa shape index (κ3) is 5.49. The standard InChI is InChI=1S/C24H28N4O3/c1-17-5-3-6-18(13-17)16-28-11-9-19(10-12-28)24(29)25-15-22-26-23(27-31-22)20-7-4-8-21(14-20)30-2/h3-8,13-14,19H,9-12,15-16H2,1-2H3,(H,25,29). The lowest BCUT2D eigenvalue weighted by molar-refractivity contribution is -0.126. The number of aromatic nitrogens is 2. The molecule has 0 saturated carbocycles. The quantitative estimate of drug-likeness (QED) is 0.629. The van der Waals surface area contributed by atoms with E-state index in [2.05, 4.69) is 51.5 Å². The van der Waals surface area contributed by atoms with Crippen LogP contribution in [0.15, 0.2) is 53.1 Å². The highest BCUT2D eigenvalue weighted by atomic mass is 16.5. The molecule has 1 aliphatic rings. The number of carbonyl (C=O) groups is 1. The van der Waals surface area contributed by atoms with Gasteiger partial charge in [-0.1, -0.05) is 47.1 Å². The van der Waals surface area contributed by atoms with Crippen LogP contribution < -0.4 is 10.1 Å². The second-order valence-electron chi connectivity index (χ2n) is 8.00. The molecule has 0 spiro atoms. The first-order valence-corrected chi connectivity index (χ1v) is 10.6. The van der Waals surface area contributed by atoms with Crippen LogP contribution in [0.1, 0.15) is 29.9 Å². The van der Waals surface area contributed by atoms with Crippen LogP contribution in [-0.4, -0.2) is 41.1 Å². The van der Waals surface area contributed by atoms with Crippen LogP contribution in [0.4, 0.5) is 0 Å². The van der Waals surface area contributed by atoms with Gasteiger partial charge in [0.1, 0.15) is 5.75 Å². The molecule has 7 nitrogen and oxygen atoms in total. The lowest BCUT2D eigenvalue weighted by atomic mass is 9.95. The van der Waals surface area contributed by atoms with Gasteiger partial charge in [0.15, 0.2) is 0 Å². The molecular formula is C24H28N4O3. The number of nitrogens with one attached hydrogen (secondary N) is 1. The molecule has 7 heteroatoms. The van der Waals surface area contributed by atoms with Gasteiger partial charge in [-0.15, -0.1) is 0 Å². The number of carbonyl (C=O) groups excluding carboxylic acids is 1. The number of likely N-dealkylation sites (tertiary alicyclic amines) is 1. The van der Waals surface area contributed by atoms with Crippen molar-refractivity contribution in [3.63, 3.8) is 0 Å². The van der Waals surface area contributed by atoms with Gasteiger partial charge in [0, 0.05) is 18.0 Å². The molecule has 2 heterocycles. The number of piperidine rings is 1. The minimum Gasteiger partial charge on any atom is -0.497 e. The summed E-state index contributed by atoms with van der Waals surface area (Å²) in [6.07, 6.45) is 1.72. The van der Waals surface area contributed by atoms with E-state index in [0.717, 1.165) is 43.8 Å². The fourth-order valence-electron chi connectivity index (χ4n) is 3.94. The van der Waals surface area contributed by atoms with E-state index in [1.807, 2.05) is 24.3 Å². The number of methoxy groups -OCH3 is 1. The van der Waals surface area contributed by atoms with Crippen LogP contribution in [0.25, 0.3) is 11.4 Å². The Morgan fingerprint density at radius 1 is 1.19 bits per heavy atom. The Bertz CT molecular complexity index is 1020. The van der Waals surface area contributed by atoms with Gasteiger partial charge in [-0.25, -0.2) is 0 Å². The monoisotopic (exact) mass is 420 g/mol. The fourth-order valence-corrected chi connectivity index (χ4v) is 3.94. The average Bonchev–Trinajstić information content (AvgIpc) is 3.27. The van der Waals surface area contributed by atoms with Crippen molar-refractivity contribution in [1.29, 1.82) is 0 Å². The van der Waals surface area contributed by atoms with Crippen molar-refractivity contribution in [3.8, 4) is 17.1 Å². The Morgan fingerprint density at radius 2 is 2.00 bits per heavy atom. The molecule has 0 bridgehead atoms. The number of hydrogen-bond acceptors (Lipinski definition) is 6. The lowest BCUT2D eigenvalue weighted by Gasteiger charge is -2.31. The molecule has 1 N–H and O–H groups in total. The molecule has 0 unspecified atom stereocenters. The van der Waals surface area contributed by atoms with Crippen molar-refractivity contribution < 1.29 is 14.1 Å². The molecule has 1 amide bonds. The number of hydrogen-bond donors (Lipinski definition) is 1. The van der Waals surface area contributed by atoms with E-state index < -0.39 is 0 Å². The number of benzene rings is 2. The number of nitrogens with zero attached hydrogens (tertiary/aromatic N) is 3. The Hall–Kier alpha value is -3.19. The molecular weight excluding hydrogens is 392 g/mol. The van der Waals surface area contributed by atoms with E-state index in [1.165, 1.54) is 11.1 Å². The summed E-state index contributed by atoms with van der Waals surface area (Å²) in [5.74, 6) is 1.67. The topological polar surface area (TPSA) is 80.5 Å². The predicted octanol–water partition coefficient (Wildman–Crippen LogP) is 3.58. The zero-order valence-electron chi connectivity index (χ0n) is 18.0. The summed E-state index contributed by atoms with van der Waals surface area (Å²) < 4.78 is 10.5. The van der Waals surface area contributed by atoms with Crippen LogP contribution in [0.3, 0.4) is 0 Å². The molecule has 1 aliphatic heterocycles. The summed E-state index contributed by atoms with van der Waals surface area (Å²) in [5.41, 5.74) is 3.41. The van der Waals surface area contributed by atoms with E-state index in [4.69, 9.17) is 9.26 Å². The maximum Gasteiger partial charge on any atom is 0.246 e. The van der Waals surface area contributed by atoms with Gasteiger partial charge in [0.25, 0.3) is 0 Å². The molecule has 31 heavy (non-hydrogen) atoms. The van der Waals surface area contributed by atoms with Crippen molar-refractivity contribution in [2.45, 2.75) is 32.9 Å². The first-order valence-electron chi connectivity index (χ1n) is 10.6. The third-order valence-electron chi connectivity index (χ3n) is 5.66. The van der Waals surface area contributed by atoms with Crippen LogP contribution in [0, 0.1) is 12.8 Å². The fraction of sp³-hybridized carbons (Fsp3) is 0.375. The Labute approximate surface area is 182 Å². The summed E-state index contributed by atoms with van der Waals surface area (Å²) in [6.45, 7) is 5.13. The maximum absolute atomic E-state index is 12.6. The highest BCUT2D eigenvalue weighted by Crippen LogP contribution is 2.22. The lowest BCUT2D eigenvalue weighted by Crippen LogP contribution is -2.40. The van der Waals surface area contributed by atoms with E-state index in [9.17, 15) is 4.79 Å². The average molecular weight is 421 g/mol. The molecule has 1 saturated heterocycles. The van der Waals surface area contributed by atoms with Gasteiger partial charge in [-0.2, -0.15) is 4.98 Å². The molecule has 2 aromatic carbocycles. The van der Waals surface area contributed by atoms with Crippen molar-refractivity contribution >= 4 is 5.91 Å².